The Bertz CT molecular complexity index is 595. The van der Waals surface area contributed by atoms with Gasteiger partial charge in [-0.15, -0.1) is 0 Å². The molecule has 1 aliphatic rings. The van der Waals surface area contributed by atoms with Crippen molar-refractivity contribution in [2.45, 2.75) is 32.6 Å². The Kier molecular flexibility index (Phi) is 7.44. The van der Waals surface area contributed by atoms with Crippen LogP contribution in [-0.2, 0) is 9.59 Å². The Morgan fingerprint density at radius 3 is 2.64 bits per heavy atom. The molecule has 0 saturated carbocycles. The van der Waals surface area contributed by atoms with E-state index in [1.165, 1.54) is 6.08 Å². The van der Waals surface area contributed by atoms with Crippen molar-refractivity contribution in [1.82, 2.24) is 15.2 Å². The molecular formula is C19H28N4O2. The molecule has 2 heterocycles. The highest BCUT2D eigenvalue weighted by molar-refractivity contribution is 5.86. The quantitative estimate of drug-likeness (QED) is 0.578. The molecule has 25 heavy (non-hydrogen) atoms. The fourth-order valence-electron chi connectivity index (χ4n) is 2.91. The zero-order valence-electron chi connectivity index (χ0n) is 15.0. The van der Waals surface area contributed by atoms with Crippen molar-refractivity contribution in [3.63, 3.8) is 0 Å². The predicted octanol–water partition coefficient (Wildman–Crippen LogP) is 1.90. The first kappa shape index (κ1) is 19.0. The van der Waals surface area contributed by atoms with Crippen molar-refractivity contribution in [3.8, 4) is 0 Å². The maximum Gasteiger partial charge on any atom is 0.243 e. The van der Waals surface area contributed by atoms with E-state index in [1.807, 2.05) is 30.0 Å². The number of anilines is 1. The molecule has 2 rings (SSSR count). The first-order valence-corrected chi connectivity index (χ1v) is 8.97. The van der Waals surface area contributed by atoms with Crippen molar-refractivity contribution in [2.75, 3.05) is 37.6 Å². The molecule has 1 fully saturated rings. The van der Waals surface area contributed by atoms with E-state index < -0.39 is 0 Å². The zero-order chi connectivity index (χ0) is 18.1. The number of amides is 2. The van der Waals surface area contributed by atoms with Gasteiger partial charge in [0.05, 0.1) is 0 Å². The van der Waals surface area contributed by atoms with E-state index in [2.05, 4.69) is 21.8 Å². The second kappa shape index (κ2) is 9.81. The number of rotatable bonds is 8. The molecule has 1 aromatic heterocycles. The van der Waals surface area contributed by atoms with Gasteiger partial charge in [0.1, 0.15) is 5.82 Å². The van der Waals surface area contributed by atoms with Gasteiger partial charge >= 0.3 is 0 Å². The van der Waals surface area contributed by atoms with Gasteiger partial charge in [0, 0.05) is 44.8 Å². The van der Waals surface area contributed by atoms with Gasteiger partial charge in [0.25, 0.3) is 0 Å². The molecule has 0 radical (unpaired) electrons. The second-order valence-corrected chi connectivity index (χ2v) is 6.31. The van der Waals surface area contributed by atoms with Gasteiger partial charge in [-0.3, -0.25) is 9.59 Å². The third-order valence-electron chi connectivity index (χ3n) is 4.38. The van der Waals surface area contributed by atoms with Gasteiger partial charge in [-0.05, 0) is 38.0 Å². The van der Waals surface area contributed by atoms with Crippen LogP contribution in [0.25, 0.3) is 0 Å². The fourth-order valence-corrected chi connectivity index (χ4v) is 2.91. The summed E-state index contributed by atoms with van der Waals surface area (Å²) in [6.45, 7) is 9.21. The van der Waals surface area contributed by atoms with Crippen LogP contribution in [0.15, 0.2) is 30.9 Å². The molecule has 6 nitrogen and oxygen atoms in total. The van der Waals surface area contributed by atoms with Crippen molar-refractivity contribution in [1.29, 1.82) is 0 Å². The minimum atomic E-state index is -0.142. The van der Waals surface area contributed by atoms with E-state index in [9.17, 15) is 9.59 Å². The van der Waals surface area contributed by atoms with Gasteiger partial charge < -0.3 is 15.1 Å². The predicted molar refractivity (Wildman–Crippen MR) is 99.4 cm³/mol. The zero-order valence-corrected chi connectivity index (χ0v) is 15.0. The summed E-state index contributed by atoms with van der Waals surface area (Å²) in [6, 6.07) is 6.04. The average molecular weight is 344 g/mol. The highest BCUT2D eigenvalue weighted by atomic mass is 16.2. The maximum absolute atomic E-state index is 12.3. The molecule has 0 aliphatic carbocycles. The Hall–Kier alpha value is -2.37. The lowest BCUT2D eigenvalue weighted by Gasteiger charge is -2.35. The van der Waals surface area contributed by atoms with Gasteiger partial charge in [-0.25, -0.2) is 4.98 Å². The largest absolute Gasteiger partial charge is 0.353 e. The fraction of sp³-hybridized carbons (Fsp3) is 0.526. The van der Waals surface area contributed by atoms with Crippen LogP contribution in [0.4, 0.5) is 5.82 Å². The lowest BCUT2D eigenvalue weighted by Crippen LogP contribution is -2.49. The summed E-state index contributed by atoms with van der Waals surface area (Å²) in [5, 5.41) is 2.74. The van der Waals surface area contributed by atoms with E-state index in [0.717, 1.165) is 57.0 Å². The van der Waals surface area contributed by atoms with E-state index in [0.29, 0.717) is 13.0 Å². The Morgan fingerprint density at radius 1 is 1.20 bits per heavy atom. The van der Waals surface area contributed by atoms with Crippen molar-refractivity contribution >= 4 is 17.6 Å². The third-order valence-corrected chi connectivity index (χ3v) is 4.38. The number of aryl methyl sites for hydroxylation is 1. The Labute approximate surface area is 149 Å². The number of carbonyl (C=O) groups excluding carboxylic acids is 2. The molecule has 1 aromatic rings. The third kappa shape index (κ3) is 6.21. The SMILES string of the molecule is C=CC(=O)NCCCCCC(=O)N1CCN(c2cccc(C)n2)CC1. The van der Waals surface area contributed by atoms with Gasteiger partial charge in [0.15, 0.2) is 0 Å². The number of nitrogens with zero attached hydrogens (tertiary/aromatic N) is 3. The summed E-state index contributed by atoms with van der Waals surface area (Å²) in [5.74, 6) is 1.08. The summed E-state index contributed by atoms with van der Waals surface area (Å²) < 4.78 is 0. The van der Waals surface area contributed by atoms with Crippen LogP contribution >= 0.6 is 0 Å². The first-order valence-electron chi connectivity index (χ1n) is 8.97. The molecule has 0 unspecified atom stereocenters. The van der Waals surface area contributed by atoms with E-state index in [-0.39, 0.29) is 11.8 Å². The second-order valence-electron chi connectivity index (χ2n) is 6.31. The number of aromatic nitrogens is 1. The maximum atomic E-state index is 12.3. The minimum Gasteiger partial charge on any atom is -0.353 e. The highest BCUT2D eigenvalue weighted by Gasteiger charge is 2.21. The monoisotopic (exact) mass is 344 g/mol. The Morgan fingerprint density at radius 2 is 1.96 bits per heavy atom. The number of pyridine rings is 1. The smallest absolute Gasteiger partial charge is 0.243 e. The van der Waals surface area contributed by atoms with Crippen molar-refractivity contribution in [2.24, 2.45) is 0 Å². The summed E-state index contributed by atoms with van der Waals surface area (Å²) in [5.41, 5.74) is 1.01. The van der Waals surface area contributed by atoms with Crippen LogP contribution < -0.4 is 10.2 Å². The van der Waals surface area contributed by atoms with Crippen LogP contribution in [-0.4, -0.2) is 54.4 Å². The Balaban J connectivity index is 1.62. The molecule has 0 aromatic carbocycles. The number of hydrogen-bond donors (Lipinski definition) is 1. The van der Waals surface area contributed by atoms with E-state index in [1.54, 1.807) is 0 Å². The summed E-state index contributed by atoms with van der Waals surface area (Å²) in [7, 11) is 0. The first-order chi connectivity index (χ1) is 12.1. The molecule has 1 aliphatic heterocycles. The molecule has 2 amide bonds. The molecule has 0 spiro atoms. The number of nitrogens with one attached hydrogen (secondary N) is 1. The average Bonchev–Trinajstić information content (AvgIpc) is 2.64. The van der Waals surface area contributed by atoms with Gasteiger partial charge in [-0.2, -0.15) is 0 Å². The molecule has 1 N–H and O–H groups in total. The lowest BCUT2D eigenvalue weighted by atomic mass is 10.1. The number of unbranched alkanes of at least 4 members (excludes halogenated alkanes) is 2. The van der Waals surface area contributed by atoms with Crippen molar-refractivity contribution < 1.29 is 9.59 Å². The van der Waals surface area contributed by atoms with Crippen LogP contribution in [0, 0.1) is 6.92 Å². The number of carbonyl (C=O) groups is 2. The van der Waals surface area contributed by atoms with Crippen LogP contribution in [0.1, 0.15) is 31.4 Å². The van der Waals surface area contributed by atoms with Crippen LogP contribution in [0.5, 0.6) is 0 Å². The molecule has 136 valence electrons. The highest BCUT2D eigenvalue weighted by Crippen LogP contribution is 2.15. The van der Waals surface area contributed by atoms with Crippen molar-refractivity contribution in [3.05, 3.63) is 36.5 Å². The molecule has 1 saturated heterocycles. The summed E-state index contributed by atoms with van der Waals surface area (Å²) in [6.07, 6.45) is 4.55. The van der Waals surface area contributed by atoms with E-state index in [4.69, 9.17) is 0 Å². The van der Waals surface area contributed by atoms with Gasteiger partial charge in [-0.1, -0.05) is 19.1 Å². The molecular weight excluding hydrogens is 316 g/mol. The standard InChI is InChI=1S/C19H28N4O2/c1-3-18(24)20-11-6-4-5-10-19(25)23-14-12-22(13-15-23)17-9-7-8-16(2)21-17/h3,7-9H,1,4-6,10-15H2,2H3,(H,20,24). The molecule has 0 atom stereocenters. The normalized spacial score (nSPS) is 14.3. The number of piperazine rings is 1. The van der Waals surface area contributed by atoms with Crippen LogP contribution in [0.2, 0.25) is 0 Å². The summed E-state index contributed by atoms with van der Waals surface area (Å²) in [4.78, 5) is 32.0. The van der Waals surface area contributed by atoms with Crippen LogP contribution in [0.3, 0.4) is 0 Å². The lowest BCUT2D eigenvalue weighted by molar-refractivity contribution is -0.131. The molecule has 6 heteroatoms. The topological polar surface area (TPSA) is 65.5 Å². The number of hydrogen-bond acceptors (Lipinski definition) is 4. The molecule has 0 bridgehead atoms. The summed E-state index contributed by atoms with van der Waals surface area (Å²) >= 11 is 0. The van der Waals surface area contributed by atoms with Gasteiger partial charge in [0.2, 0.25) is 11.8 Å². The van der Waals surface area contributed by atoms with E-state index >= 15 is 0 Å². The minimum absolute atomic E-state index is 0.142.